The van der Waals surface area contributed by atoms with Gasteiger partial charge in [0.2, 0.25) is 0 Å². The van der Waals surface area contributed by atoms with Gasteiger partial charge >= 0.3 is 0 Å². The Hall–Kier alpha value is -0.440. The van der Waals surface area contributed by atoms with Crippen molar-refractivity contribution in [1.29, 1.82) is 0 Å². The van der Waals surface area contributed by atoms with Crippen LogP contribution in [-0.2, 0) is 0 Å². The molecule has 1 aromatic rings. The van der Waals surface area contributed by atoms with Gasteiger partial charge in [-0.05, 0) is 37.8 Å². The number of nitrogens with zero attached hydrogens (tertiary/aromatic N) is 1. The molecule has 0 saturated carbocycles. The van der Waals surface area contributed by atoms with E-state index in [1.165, 1.54) is 0 Å². The number of amides is 1. The standard InChI is InChI=1S/C14H16Cl3NO/c15-8-2-4-10-5-3-9-18(10)14(19)13-11(16)6-1-7-12(13)17/h1,6-7,10H,2-5,8-9H2. The van der Waals surface area contributed by atoms with Crippen molar-refractivity contribution in [3.8, 4) is 0 Å². The van der Waals surface area contributed by atoms with Crippen LogP contribution in [0.4, 0.5) is 0 Å². The van der Waals surface area contributed by atoms with Crippen LogP contribution >= 0.6 is 34.8 Å². The molecule has 2 rings (SSSR count). The second-order valence-electron chi connectivity index (χ2n) is 4.72. The van der Waals surface area contributed by atoms with E-state index in [2.05, 4.69) is 0 Å². The van der Waals surface area contributed by atoms with Crippen molar-refractivity contribution >= 4 is 40.7 Å². The van der Waals surface area contributed by atoms with Gasteiger partial charge in [-0.3, -0.25) is 4.79 Å². The van der Waals surface area contributed by atoms with E-state index in [1.807, 2.05) is 4.90 Å². The Bertz CT molecular complexity index is 444. The van der Waals surface area contributed by atoms with Crippen molar-refractivity contribution in [1.82, 2.24) is 4.90 Å². The zero-order valence-electron chi connectivity index (χ0n) is 10.5. The molecule has 1 heterocycles. The monoisotopic (exact) mass is 319 g/mol. The van der Waals surface area contributed by atoms with E-state index >= 15 is 0 Å². The highest BCUT2D eigenvalue weighted by atomic mass is 35.5. The summed E-state index contributed by atoms with van der Waals surface area (Å²) < 4.78 is 0. The van der Waals surface area contributed by atoms with Crippen LogP contribution in [0.25, 0.3) is 0 Å². The van der Waals surface area contributed by atoms with Crippen molar-refractivity contribution in [3.63, 3.8) is 0 Å². The van der Waals surface area contributed by atoms with Crippen LogP contribution in [0.1, 0.15) is 36.0 Å². The lowest BCUT2D eigenvalue weighted by molar-refractivity contribution is 0.0730. The lowest BCUT2D eigenvalue weighted by Gasteiger charge is -2.25. The van der Waals surface area contributed by atoms with Crippen molar-refractivity contribution in [2.75, 3.05) is 12.4 Å². The molecule has 1 amide bonds. The lowest BCUT2D eigenvalue weighted by Crippen LogP contribution is -2.35. The normalized spacial score (nSPS) is 18.9. The number of rotatable bonds is 4. The Morgan fingerprint density at radius 1 is 1.32 bits per heavy atom. The van der Waals surface area contributed by atoms with Crippen LogP contribution in [0.15, 0.2) is 18.2 Å². The fraction of sp³-hybridized carbons (Fsp3) is 0.500. The van der Waals surface area contributed by atoms with E-state index < -0.39 is 0 Å². The highest BCUT2D eigenvalue weighted by Crippen LogP contribution is 2.30. The van der Waals surface area contributed by atoms with Crippen LogP contribution in [0.2, 0.25) is 10.0 Å². The minimum absolute atomic E-state index is 0.0623. The number of benzene rings is 1. The number of hydrogen-bond acceptors (Lipinski definition) is 1. The maximum absolute atomic E-state index is 12.6. The largest absolute Gasteiger partial charge is 0.336 e. The lowest BCUT2D eigenvalue weighted by atomic mass is 10.1. The second kappa shape index (κ2) is 6.83. The van der Waals surface area contributed by atoms with Gasteiger partial charge < -0.3 is 4.90 Å². The summed E-state index contributed by atoms with van der Waals surface area (Å²) in [6.07, 6.45) is 3.93. The highest BCUT2D eigenvalue weighted by molar-refractivity contribution is 6.39. The van der Waals surface area contributed by atoms with Crippen molar-refractivity contribution in [3.05, 3.63) is 33.8 Å². The summed E-state index contributed by atoms with van der Waals surface area (Å²) in [5.41, 5.74) is 0.420. The predicted octanol–water partition coefficient (Wildman–Crippen LogP) is 4.62. The molecule has 1 saturated heterocycles. The Kier molecular flexibility index (Phi) is 5.37. The first-order valence-corrected chi connectivity index (χ1v) is 7.75. The van der Waals surface area contributed by atoms with E-state index in [0.717, 1.165) is 32.2 Å². The molecule has 0 N–H and O–H groups in total. The van der Waals surface area contributed by atoms with Crippen LogP contribution in [0, 0.1) is 0 Å². The first-order chi connectivity index (χ1) is 9.15. The van der Waals surface area contributed by atoms with Gasteiger partial charge in [-0.2, -0.15) is 0 Å². The fourth-order valence-electron chi connectivity index (χ4n) is 2.56. The van der Waals surface area contributed by atoms with Crippen LogP contribution in [0.3, 0.4) is 0 Å². The van der Waals surface area contributed by atoms with Gasteiger partial charge in [0.15, 0.2) is 0 Å². The molecule has 0 aromatic heterocycles. The van der Waals surface area contributed by atoms with Gasteiger partial charge in [-0.25, -0.2) is 0 Å². The average Bonchev–Trinajstić information content (AvgIpc) is 2.84. The quantitative estimate of drug-likeness (QED) is 0.741. The second-order valence-corrected chi connectivity index (χ2v) is 5.91. The first-order valence-electron chi connectivity index (χ1n) is 6.46. The molecule has 1 aliphatic rings. The Balaban J connectivity index is 2.18. The molecular formula is C14H16Cl3NO. The minimum Gasteiger partial charge on any atom is -0.336 e. The Morgan fingerprint density at radius 3 is 2.63 bits per heavy atom. The van der Waals surface area contributed by atoms with Crippen molar-refractivity contribution < 1.29 is 4.79 Å². The zero-order valence-corrected chi connectivity index (χ0v) is 12.8. The van der Waals surface area contributed by atoms with E-state index in [9.17, 15) is 4.79 Å². The summed E-state index contributed by atoms with van der Waals surface area (Å²) >= 11 is 17.9. The van der Waals surface area contributed by atoms with E-state index in [4.69, 9.17) is 34.8 Å². The Morgan fingerprint density at radius 2 is 2.00 bits per heavy atom. The molecule has 1 aliphatic heterocycles. The van der Waals surface area contributed by atoms with E-state index in [-0.39, 0.29) is 11.9 Å². The fourth-order valence-corrected chi connectivity index (χ4v) is 3.28. The third-order valence-electron chi connectivity index (χ3n) is 3.49. The van der Waals surface area contributed by atoms with Crippen LogP contribution in [-0.4, -0.2) is 29.3 Å². The summed E-state index contributed by atoms with van der Waals surface area (Å²) in [4.78, 5) is 14.5. The average molecular weight is 321 g/mol. The molecule has 19 heavy (non-hydrogen) atoms. The highest BCUT2D eigenvalue weighted by Gasteiger charge is 2.30. The van der Waals surface area contributed by atoms with Gasteiger partial charge in [0.25, 0.3) is 5.91 Å². The van der Waals surface area contributed by atoms with Gasteiger partial charge in [-0.15, -0.1) is 11.6 Å². The molecule has 1 unspecified atom stereocenters. The topological polar surface area (TPSA) is 20.3 Å². The molecule has 1 atom stereocenters. The SMILES string of the molecule is O=C(c1c(Cl)cccc1Cl)N1CCCC1CCCCl. The molecule has 104 valence electrons. The molecule has 1 fully saturated rings. The van der Waals surface area contributed by atoms with Crippen LogP contribution in [0.5, 0.6) is 0 Å². The summed E-state index contributed by atoms with van der Waals surface area (Å²) in [6.45, 7) is 0.771. The molecular weight excluding hydrogens is 305 g/mol. The summed E-state index contributed by atoms with van der Waals surface area (Å²) in [6, 6.07) is 5.41. The number of alkyl halides is 1. The van der Waals surface area contributed by atoms with E-state index in [0.29, 0.717) is 21.5 Å². The third-order valence-corrected chi connectivity index (χ3v) is 4.38. The molecule has 0 radical (unpaired) electrons. The van der Waals surface area contributed by atoms with Gasteiger partial charge in [0, 0.05) is 18.5 Å². The number of carbonyl (C=O) groups is 1. The molecule has 2 nitrogen and oxygen atoms in total. The number of carbonyl (C=O) groups excluding carboxylic acids is 1. The number of halogens is 3. The summed E-state index contributed by atoms with van der Waals surface area (Å²) in [5, 5.41) is 0.834. The molecule has 5 heteroatoms. The zero-order chi connectivity index (χ0) is 13.8. The minimum atomic E-state index is -0.0623. The van der Waals surface area contributed by atoms with Crippen molar-refractivity contribution in [2.45, 2.75) is 31.7 Å². The number of likely N-dealkylation sites (tertiary alicyclic amines) is 1. The van der Waals surface area contributed by atoms with Crippen LogP contribution < -0.4 is 0 Å². The van der Waals surface area contributed by atoms with Crippen molar-refractivity contribution in [2.24, 2.45) is 0 Å². The van der Waals surface area contributed by atoms with Gasteiger partial charge in [0.05, 0.1) is 15.6 Å². The van der Waals surface area contributed by atoms with Gasteiger partial charge in [0.1, 0.15) is 0 Å². The molecule has 1 aromatic carbocycles. The third kappa shape index (κ3) is 3.36. The van der Waals surface area contributed by atoms with Gasteiger partial charge in [-0.1, -0.05) is 29.3 Å². The first kappa shape index (κ1) is 15.0. The summed E-state index contributed by atoms with van der Waals surface area (Å²) in [5.74, 6) is 0.568. The molecule has 0 aliphatic carbocycles. The summed E-state index contributed by atoms with van der Waals surface area (Å²) in [7, 11) is 0. The maximum atomic E-state index is 12.6. The maximum Gasteiger partial charge on any atom is 0.257 e. The smallest absolute Gasteiger partial charge is 0.257 e. The molecule has 0 bridgehead atoms. The number of hydrogen-bond donors (Lipinski definition) is 0. The predicted molar refractivity (Wildman–Crippen MR) is 80.5 cm³/mol. The molecule has 0 spiro atoms. The Labute approximate surface area is 128 Å². The van der Waals surface area contributed by atoms with E-state index in [1.54, 1.807) is 18.2 Å².